The number of methoxy groups -OCH3 is 2. The Bertz CT molecular complexity index is 728. The maximum Gasteiger partial charge on any atom is 0.319 e. The molecule has 3 rings (SSSR count). The Morgan fingerprint density at radius 1 is 1.08 bits per heavy atom. The van der Waals surface area contributed by atoms with Gasteiger partial charge in [-0.1, -0.05) is 18.2 Å². The Kier molecular flexibility index (Phi) is 5.13. The number of fused-ring (bicyclic) bond motifs is 1. The van der Waals surface area contributed by atoms with Gasteiger partial charge in [-0.25, -0.2) is 4.79 Å². The highest BCUT2D eigenvalue weighted by molar-refractivity contribution is 5.93. The van der Waals surface area contributed by atoms with Crippen LogP contribution in [-0.4, -0.2) is 39.5 Å². The second kappa shape index (κ2) is 7.65. The van der Waals surface area contributed by atoms with Gasteiger partial charge >= 0.3 is 6.03 Å². The number of anilines is 1. The monoisotopic (exact) mass is 344 g/mol. The Morgan fingerprint density at radius 3 is 2.44 bits per heavy atom. The van der Waals surface area contributed by atoms with Crippen molar-refractivity contribution in [2.75, 3.05) is 32.7 Å². The molecule has 25 heavy (non-hydrogen) atoms. The largest absolute Gasteiger partial charge is 0.494 e. The van der Waals surface area contributed by atoms with Gasteiger partial charge in [0, 0.05) is 0 Å². The van der Waals surface area contributed by atoms with Gasteiger partial charge < -0.3 is 29.6 Å². The van der Waals surface area contributed by atoms with E-state index in [0.29, 0.717) is 41.8 Å². The van der Waals surface area contributed by atoms with E-state index in [4.69, 9.17) is 18.9 Å². The van der Waals surface area contributed by atoms with Crippen LogP contribution in [-0.2, 0) is 0 Å². The Morgan fingerprint density at radius 2 is 1.76 bits per heavy atom. The molecule has 2 amide bonds. The standard InChI is InChI=1S/C18H20N2O5/c1-22-15-8-5-9-16(23-2)17(15)20-18(21)19-10-12-11-24-13-6-3-4-7-14(13)25-12/h3-9,12H,10-11H2,1-2H3,(H2,19,20,21). The van der Waals surface area contributed by atoms with Gasteiger partial charge in [0.1, 0.15) is 23.8 Å². The number of hydrogen-bond acceptors (Lipinski definition) is 5. The molecule has 7 heteroatoms. The molecule has 1 atom stereocenters. The Balaban J connectivity index is 1.58. The van der Waals surface area contributed by atoms with Gasteiger partial charge in [-0.2, -0.15) is 0 Å². The molecule has 0 bridgehead atoms. The minimum absolute atomic E-state index is 0.264. The predicted molar refractivity (Wildman–Crippen MR) is 92.9 cm³/mol. The maximum absolute atomic E-state index is 12.2. The summed E-state index contributed by atoms with van der Waals surface area (Å²) in [6.07, 6.45) is -0.264. The molecule has 0 aliphatic carbocycles. The van der Waals surface area contributed by atoms with Crippen molar-refractivity contribution in [1.29, 1.82) is 0 Å². The summed E-state index contributed by atoms with van der Waals surface area (Å²) in [4.78, 5) is 12.2. The minimum atomic E-state index is -0.384. The van der Waals surface area contributed by atoms with Gasteiger partial charge in [0.25, 0.3) is 0 Å². The number of hydrogen-bond donors (Lipinski definition) is 2. The number of rotatable bonds is 5. The summed E-state index contributed by atoms with van der Waals surface area (Å²) in [6.45, 7) is 0.674. The van der Waals surface area contributed by atoms with E-state index in [-0.39, 0.29) is 12.1 Å². The van der Waals surface area contributed by atoms with Gasteiger partial charge in [-0.05, 0) is 24.3 Å². The van der Waals surface area contributed by atoms with Crippen LogP contribution in [0.3, 0.4) is 0 Å². The third-order valence-electron chi connectivity index (χ3n) is 3.72. The lowest BCUT2D eigenvalue weighted by atomic mass is 10.2. The van der Waals surface area contributed by atoms with Crippen molar-refractivity contribution in [2.24, 2.45) is 0 Å². The van der Waals surface area contributed by atoms with E-state index in [1.807, 2.05) is 24.3 Å². The van der Waals surface area contributed by atoms with E-state index in [1.165, 1.54) is 14.2 Å². The number of para-hydroxylation sites is 3. The van der Waals surface area contributed by atoms with E-state index >= 15 is 0 Å². The number of nitrogens with one attached hydrogen (secondary N) is 2. The summed E-state index contributed by atoms with van der Waals surface area (Å²) in [6, 6.07) is 12.3. The number of urea groups is 1. The number of carbonyl (C=O) groups excluding carboxylic acids is 1. The lowest BCUT2D eigenvalue weighted by Gasteiger charge is -2.26. The second-order valence-electron chi connectivity index (χ2n) is 5.37. The minimum Gasteiger partial charge on any atom is -0.494 e. The van der Waals surface area contributed by atoms with Crippen molar-refractivity contribution in [2.45, 2.75) is 6.10 Å². The van der Waals surface area contributed by atoms with Crippen molar-refractivity contribution in [3.05, 3.63) is 42.5 Å². The number of benzene rings is 2. The fraction of sp³-hybridized carbons (Fsp3) is 0.278. The first-order chi connectivity index (χ1) is 12.2. The number of ether oxygens (including phenoxy) is 4. The molecule has 1 unspecified atom stereocenters. The maximum atomic E-state index is 12.2. The Hall–Kier alpha value is -3.09. The molecule has 1 heterocycles. The SMILES string of the molecule is COc1cccc(OC)c1NC(=O)NCC1COc2ccccc2O1. The van der Waals surface area contributed by atoms with Crippen LogP contribution in [0.15, 0.2) is 42.5 Å². The van der Waals surface area contributed by atoms with Crippen LogP contribution in [0.2, 0.25) is 0 Å². The fourth-order valence-electron chi connectivity index (χ4n) is 2.50. The summed E-state index contributed by atoms with van der Waals surface area (Å²) in [5.74, 6) is 2.41. The summed E-state index contributed by atoms with van der Waals surface area (Å²) in [5.41, 5.74) is 0.469. The van der Waals surface area contributed by atoms with Crippen LogP contribution in [0, 0.1) is 0 Å². The van der Waals surface area contributed by atoms with Crippen molar-refractivity contribution in [3.63, 3.8) is 0 Å². The molecular formula is C18H20N2O5. The zero-order valence-electron chi connectivity index (χ0n) is 14.1. The molecule has 0 radical (unpaired) electrons. The first-order valence-electron chi connectivity index (χ1n) is 7.85. The molecular weight excluding hydrogens is 324 g/mol. The van der Waals surface area contributed by atoms with Gasteiger partial charge in [-0.3, -0.25) is 0 Å². The summed E-state index contributed by atoms with van der Waals surface area (Å²) in [7, 11) is 3.06. The summed E-state index contributed by atoms with van der Waals surface area (Å²) >= 11 is 0. The van der Waals surface area contributed by atoms with Crippen LogP contribution in [0.1, 0.15) is 0 Å². The Labute approximate surface area is 145 Å². The van der Waals surface area contributed by atoms with E-state index in [9.17, 15) is 4.79 Å². The number of carbonyl (C=O) groups is 1. The average Bonchev–Trinajstić information content (AvgIpc) is 2.66. The highest BCUT2D eigenvalue weighted by Gasteiger charge is 2.21. The molecule has 132 valence electrons. The fourth-order valence-corrected chi connectivity index (χ4v) is 2.50. The third-order valence-corrected chi connectivity index (χ3v) is 3.72. The zero-order valence-corrected chi connectivity index (χ0v) is 14.1. The molecule has 7 nitrogen and oxygen atoms in total. The van der Waals surface area contributed by atoms with Gasteiger partial charge in [-0.15, -0.1) is 0 Å². The number of amides is 2. The molecule has 1 aliphatic heterocycles. The van der Waals surface area contributed by atoms with Gasteiger partial charge in [0.2, 0.25) is 0 Å². The smallest absolute Gasteiger partial charge is 0.319 e. The first kappa shape index (κ1) is 16.8. The molecule has 2 N–H and O–H groups in total. The average molecular weight is 344 g/mol. The molecule has 2 aromatic carbocycles. The molecule has 2 aromatic rings. The quantitative estimate of drug-likeness (QED) is 0.872. The van der Waals surface area contributed by atoms with E-state index in [2.05, 4.69) is 10.6 Å². The van der Waals surface area contributed by atoms with Crippen LogP contribution >= 0.6 is 0 Å². The molecule has 1 aliphatic rings. The molecule has 0 fully saturated rings. The van der Waals surface area contributed by atoms with Crippen LogP contribution in [0.4, 0.5) is 10.5 Å². The second-order valence-corrected chi connectivity index (χ2v) is 5.37. The van der Waals surface area contributed by atoms with Crippen LogP contribution in [0.5, 0.6) is 23.0 Å². The molecule has 0 saturated carbocycles. The lowest BCUT2D eigenvalue weighted by Crippen LogP contribution is -2.42. The van der Waals surface area contributed by atoms with Crippen molar-refractivity contribution in [1.82, 2.24) is 5.32 Å². The summed E-state index contributed by atoms with van der Waals surface area (Å²) in [5, 5.41) is 5.51. The van der Waals surface area contributed by atoms with Crippen molar-refractivity contribution < 1.29 is 23.7 Å². The molecule has 0 saturated heterocycles. The lowest BCUT2D eigenvalue weighted by molar-refractivity contribution is 0.0922. The highest BCUT2D eigenvalue weighted by Crippen LogP contribution is 2.34. The molecule has 0 spiro atoms. The van der Waals surface area contributed by atoms with Crippen molar-refractivity contribution >= 4 is 11.7 Å². The van der Waals surface area contributed by atoms with Gasteiger partial charge in [0.15, 0.2) is 17.6 Å². The zero-order chi connectivity index (χ0) is 17.6. The normalized spacial score (nSPS) is 15.2. The van der Waals surface area contributed by atoms with E-state index in [0.717, 1.165) is 0 Å². The topological polar surface area (TPSA) is 78.1 Å². The van der Waals surface area contributed by atoms with Crippen molar-refractivity contribution in [3.8, 4) is 23.0 Å². The van der Waals surface area contributed by atoms with Gasteiger partial charge in [0.05, 0.1) is 20.8 Å². The third kappa shape index (κ3) is 3.88. The predicted octanol–water partition coefficient (Wildman–Crippen LogP) is 2.67. The van der Waals surface area contributed by atoms with E-state index < -0.39 is 0 Å². The highest BCUT2D eigenvalue weighted by atomic mass is 16.6. The molecule has 0 aromatic heterocycles. The van der Waals surface area contributed by atoms with E-state index in [1.54, 1.807) is 18.2 Å². The van der Waals surface area contributed by atoms with Crippen LogP contribution in [0.25, 0.3) is 0 Å². The first-order valence-corrected chi connectivity index (χ1v) is 7.85. The van der Waals surface area contributed by atoms with Crippen LogP contribution < -0.4 is 29.6 Å². The summed E-state index contributed by atoms with van der Waals surface area (Å²) < 4.78 is 21.9.